The molecule has 3 aromatic carbocycles. The lowest BCUT2D eigenvalue weighted by molar-refractivity contribution is 0.0893. The Bertz CT molecular complexity index is 1150. The summed E-state index contributed by atoms with van der Waals surface area (Å²) in [6.45, 7) is 3.48. The number of Topliss-reactive ketones (excluding diaryl/α,β-unsaturated/α-hetero) is 1. The Morgan fingerprint density at radius 2 is 1.48 bits per heavy atom. The van der Waals surface area contributed by atoms with Crippen molar-refractivity contribution in [3.8, 4) is 0 Å². The maximum Gasteiger partial charge on any atom is 0.265 e. The number of amides is 2. The van der Waals surface area contributed by atoms with Crippen molar-refractivity contribution in [3.05, 3.63) is 71.3 Å². The first-order valence-corrected chi connectivity index (χ1v) is 9.87. The van der Waals surface area contributed by atoms with E-state index in [0.717, 1.165) is 42.4 Å². The molecule has 2 amide bonds. The average Bonchev–Trinajstić information content (AvgIpc) is 3.26. The number of anilines is 2. The van der Waals surface area contributed by atoms with E-state index in [0.29, 0.717) is 22.4 Å². The van der Waals surface area contributed by atoms with Crippen LogP contribution in [-0.2, 0) is 0 Å². The fourth-order valence-electron chi connectivity index (χ4n) is 4.39. The summed E-state index contributed by atoms with van der Waals surface area (Å²) in [5, 5.41) is 1.69. The summed E-state index contributed by atoms with van der Waals surface area (Å²) in [6.07, 6.45) is 2.32. The van der Waals surface area contributed by atoms with Gasteiger partial charge in [-0.15, -0.1) is 0 Å². The van der Waals surface area contributed by atoms with E-state index >= 15 is 0 Å². The number of benzene rings is 3. The number of ketones is 1. The summed E-state index contributed by atoms with van der Waals surface area (Å²) in [6, 6.07) is 16.1. The number of rotatable bonds is 3. The minimum Gasteiger partial charge on any atom is -0.371 e. The first kappa shape index (κ1) is 17.6. The summed E-state index contributed by atoms with van der Waals surface area (Å²) in [7, 11) is 0. The zero-order valence-corrected chi connectivity index (χ0v) is 16.1. The van der Waals surface area contributed by atoms with Crippen molar-refractivity contribution in [1.29, 1.82) is 0 Å². The van der Waals surface area contributed by atoms with E-state index in [9.17, 15) is 14.4 Å². The SMILES string of the molecule is CC(=O)c1ccc(N2C(=O)c3cccc4c(N5CCCC5)ccc(c34)C2=O)cc1. The zero-order valence-electron chi connectivity index (χ0n) is 16.1. The number of carbonyl (C=O) groups is 3. The summed E-state index contributed by atoms with van der Waals surface area (Å²) in [5.41, 5.74) is 3.17. The molecule has 0 N–H and O–H groups in total. The van der Waals surface area contributed by atoms with Crippen LogP contribution in [-0.4, -0.2) is 30.7 Å². The number of nitrogens with zero attached hydrogens (tertiary/aromatic N) is 2. The quantitative estimate of drug-likeness (QED) is 0.495. The van der Waals surface area contributed by atoms with Crippen molar-refractivity contribution in [3.63, 3.8) is 0 Å². The summed E-state index contributed by atoms with van der Waals surface area (Å²) < 4.78 is 0. The Labute approximate surface area is 168 Å². The topological polar surface area (TPSA) is 57.7 Å². The lowest BCUT2D eigenvalue weighted by Gasteiger charge is -2.29. The van der Waals surface area contributed by atoms with Crippen LogP contribution in [0.5, 0.6) is 0 Å². The van der Waals surface area contributed by atoms with Gasteiger partial charge in [0.05, 0.1) is 5.69 Å². The molecule has 0 saturated carbocycles. The van der Waals surface area contributed by atoms with Crippen LogP contribution in [0.4, 0.5) is 11.4 Å². The highest BCUT2D eigenvalue weighted by atomic mass is 16.2. The van der Waals surface area contributed by atoms with Gasteiger partial charge in [0.15, 0.2) is 5.78 Å². The molecule has 3 aromatic rings. The third-order valence-electron chi connectivity index (χ3n) is 5.86. The predicted molar refractivity (Wildman–Crippen MR) is 113 cm³/mol. The molecule has 144 valence electrons. The molecule has 0 bridgehead atoms. The van der Waals surface area contributed by atoms with Crippen LogP contribution >= 0.6 is 0 Å². The van der Waals surface area contributed by atoms with Crippen molar-refractivity contribution < 1.29 is 14.4 Å². The van der Waals surface area contributed by atoms with Crippen LogP contribution in [0, 0.1) is 0 Å². The van der Waals surface area contributed by atoms with Gasteiger partial charge in [-0.2, -0.15) is 0 Å². The number of imide groups is 1. The molecular formula is C24H20N2O3. The van der Waals surface area contributed by atoms with E-state index < -0.39 is 0 Å². The second-order valence-electron chi connectivity index (χ2n) is 7.60. The van der Waals surface area contributed by atoms with Gasteiger partial charge in [-0.1, -0.05) is 12.1 Å². The lowest BCUT2D eigenvalue weighted by Crippen LogP contribution is -2.40. The van der Waals surface area contributed by atoms with Crippen molar-refractivity contribution in [2.24, 2.45) is 0 Å². The Kier molecular flexibility index (Phi) is 3.98. The monoisotopic (exact) mass is 384 g/mol. The molecule has 0 unspecified atom stereocenters. The average molecular weight is 384 g/mol. The molecule has 0 aliphatic carbocycles. The Morgan fingerprint density at radius 3 is 2.14 bits per heavy atom. The van der Waals surface area contributed by atoms with E-state index in [4.69, 9.17) is 0 Å². The molecule has 5 rings (SSSR count). The van der Waals surface area contributed by atoms with Gasteiger partial charge in [-0.25, -0.2) is 4.90 Å². The molecule has 2 heterocycles. The van der Waals surface area contributed by atoms with Crippen molar-refractivity contribution >= 4 is 39.7 Å². The van der Waals surface area contributed by atoms with Crippen LogP contribution in [0.15, 0.2) is 54.6 Å². The molecule has 1 saturated heterocycles. The Morgan fingerprint density at radius 1 is 0.828 bits per heavy atom. The standard InChI is InChI=1S/C24H20N2O3/c1-15(27)16-7-9-17(10-8-16)26-23(28)19-6-4-5-18-21(25-13-2-3-14-25)12-11-20(22(18)19)24(26)29/h4-12H,2-3,13-14H2,1H3. The van der Waals surface area contributed by atoms with E-state index in [1.54, 1.807) is 30.3 Å². The predicted octanol–water partition coefficient (Wildman–Crippen LogP) is 4.44. The second-order valence-corrected chi connectivity index (χ2v) is 7.60. The number of hydrogen-bond donors (Lipinski definition) is 0. The van der Waals surface area contributed by atoms with Crippen molar-refractivity contribution in [1.82, 2.24) is 0 Å². The molecule has 2 aliphatic heterocycles. The van der Waals surface area contributed by atoms with E-state index in [-0.39, 0.29) is 17.6 Å². The molecule has 0 atom stereocenters. The summed E-state index contributed by atoms with van der Waals surface area (Å²) in [5.74, 6) is -0.720. The van der Waals surface area contributed by atoms with E-state index in [2.05, 4.69) is 4.90 Å². The Hall–Kier alpha value is -3.47. The largest absolute Gasteiger partial charge is 0.371 e. The third kappa shape index (κ3) is 2.65. The number of hydrogen-bond acceptors (Lipinski definition) is 4. The Balaban J connectivity index is 1.65. The molecule has 0 spiro atoms. The lowest BCUT2D eigenvalue weighted by atomic mass is 9.92. The molecular weight excluding hydrogens is 364 g/mol. The van der Waals surface area contributed by atoms with Gasteiger partial charge in [-0.05, 0) is 62.2 Å². The highest BCUT2D eigenvalue weighted by Crippen LogP contribution is 2.38. The molecule has 29 heavy (non-hydrogen) atoms. The first-order valence-electron chi connectivity index (χ1n) is 9.87. The first-order chi connectivity index (χ1) is 14.1. The van der Waals surface area contributed by atoms with Crippen LogP contribution < -0.4 is 9.80 Å². The van der Waals surface area contributed by atoms with Gasteiger partial charge < -0.3 is 4.90 Å². The fraction of sp³-hybridized carbons (Fsp3) is 0.208. The molecule has 0 radical (unpaired) electrons. The highest BCUT2D eigenvalue weighted by Gasteiger charge is 2.35. The summed E-state index contributed by atoms with van der Waals surface area (Å²) >= 11 is 0. The maximum atomic E-state index is 13.3. The van der Waals surface area contributed by atoms with Crippen molar-refractivity contribution in [2.75, 3.05) is 22.9 Å². The van der Waals surface area contributed by atoms with Crippen LogP contribution in [0.25, 0.3) is 10.8 Å². The van der Waals surface area contributed by atoms with Gasteiger partial charge in [0.25, 0.3) is 11.8 Å². The van der Waals surface area contributed by atoms with Crippen LogP contribution in [0.3, 0.4) is 0 Å². The molecule has 1 fully saturated rings. The van der Waals surface area contributed by atoms with E-state index in [1.807, 2.05) is 24.3 Å². The molecule has 0 aromatic heterocycles. The molecule has 5 heteroatoms. The van der Waals surface area contributed by atoms with Gasteiger partial charge in [-0.3, -0.25) is 14.4 Å². The second kappa shape index (κ2) is 6.55. The van der Waals surface area contributed by atoms with Crippen molar-refractivity contribution in [2.45, 2.75) is 19.8 Å². The van der Waals surface area contributed by atoms with Crippen LogP contribution in [0.2, 0.25) is 0 Å². The number of carbonyl (C=O) groups excluding carboxylic acids is 3. The highest BCUT2D eigenvalue weighted by molar-refractivity contribution is 6.36. The maximum absolute atomic E-state index is 13.3. The minimum atomic E-state index is -0.331. The molecule has 2 aliphatic rings. The third-order valence-corrected chi connectivity index (χ3v) is 5.86. The smallest absolute Gasteiger partial charge is 0.265 e. The van der Waals surface area contributed by atoms with Gasteiger partial charge in [0, 0.05) is 46.2 Å². The zero-order chi connectivity index (χ0) is 20.1. The van der Waals surface area contributed by atoms with Crippen LogP contribution in [0.1, 0.15) is 50.8 Å². The molecule has 5 nitrogen and oxygen atoms in total. The van der Waals surface area contributed by atoms with E-state index in [1.165, 1.54) is 11.8 Å². The summed E-state index contributed by atoms with van der Waals surface area (Å²) in [4.78, 5) is 41.7. The van der Waals surface area contributed by atoms with Gasteiger partial charge >= 0.3 is 0 Å². The fourth-order valence-corrected chi connectivity index (χ4v) is 4.39. The minimum absolute atomic E-state index is 0.0580. The van der Waals surface area contributed by atoms with Gasteiger partial charge in [0.2, 0.25) is 0 Å². The van der Waals surface area contributed by atoms with Gasteiger partial charge in [0.1, 0.15) is 0 Å². The normalized spacial score (nSPS) is 16.0.